The van der Waals surface area contributed by atoms with Gasteiger partial charge in [-0.25, -0.2) is 0 Å². The molecule has 1 aromatic carbocycles. The van der Waals surface area contributed by atoms with Crippen LogP contribution in [0.25, 0.3) is 0 Å². The number of nitrogens with two attached hydrogens (primary N) is 1. The van der Waals surface area contributed by atoms with Crippen LogP contribution in [0.2, 0.25) is 0 Å². The van der Waals surface area contributed by atoms with Crippen LogP contribution >= 0.6 is 15.9 Å². The van der Waals surface area contributed by atoms with Gasteiger partial charge in [0, 0.05) is 22.6 Å². The van der Waals surface area contributed by atoms with Crippen molar-refractivity contribution in [2.75, 3.05) is 6.61 Å². The van der Waals surface area contributed by atoms with Gasteiger partial charge in [-0.15, -0.1) is 0 Å². The van der Waals surface area contributed by atoms with Gasteiger partial charge in [0.25, 0.3) is 5.91 Å². The molecule has 0 aliphatic rings. The zero-order valence-corrected chi connectivity index (χ0v) is 12.5. The first-order valence-corrected chi connectivity index (χ1v) is 6.64. The Bertz CT molecular complexity index is 433. The molecule has 100 valence electrons. The number of ether oxygens (including phenoxy) is 1. The molecule has 1 aromatic rings. The Kier molecular flexibility index (Phi) is 5.62. The third-order valence-corrected chi connectivity index (χ3v) is 2.79. The molecule has 0 aromatic heterocycles. The summed E-state index contributed by atoms with van der Waals surface area (Å²) >= 11 is 3.41. The van der Waals surface area contributed by atoms with E-state index in [0.29, 0.717) is 12.3 Å². The second kappa shape index (κ2) is 6.75. The summed E-state index contributed by atoms with van der Waals surface area (Å²) in [4.78, 5) is 11.5. The van der Waals surface area contributed by atoms with E-state index in [4.69, 9.17) is 10.5 Å². The van der Waals surface area contributed by atoms with Crippen molar-refractivity contribution < 1.29 is 9.53 Å². The zero-order chi connectivity index (χ0) is 13.7. The third kappa shape index (κ3) is 4.31. The number of carbonyl (C=O) groups excluding carboxylic acids is 1. The molecule has 0 aliphatic heterocycles. The molecule has 0 fully saturated rings. The van der Waals surface area contributed by atoms with E-state index < -0.39 is 0 Å². The van der Waals surface area contributed by atoms with Gasteiger partial charge < -0.3 is 15.8 Å². The van der Waals surface area contributed by atoms with Crippen LogP contribution in [0, 0.1) is 6.92 Å². The maximum Gasteiger partial charge on any atom is 0.258 e. The Hall–Kier alpha value is -1.07. The molecule has 0 atom stereocenters. The summed E-state index contributed by atoms with van der Waals surface area (Å²) in [7, 11) is 0. The average molecular weight is 315 g/mol. The molecule has 0 bridgehead atoms. The van der Waals surface area contributed by atoms with Gasteiger partial charge in [-0.1, -0.05) is 15.9 Å². The van der Waals surface area contributed by atoms with Crippen LogP contribution in [0.5, 0.6) is 5.75 Å². The second-order valence-corrected chi connectivity index (χ2v) is 5.34. The smallest absolute Gasteiger partial charge is 0.258 e. The van der Waals surface area contributed by atoms with Crippen molar-refractivity contribution >= 4 is 21.8 Å². The quantitative estimate of drug-likeness (QED) is 0.875. The number of hydrogen-bond donors (Lipinski definition) is 2. The molecule has 0 heterocycles. The molecule has 0 saturated carbocycles. The largest absolute Gasteiger partial charge is 0.483 e. The number of amides is 1. The fourth-order valence-electron chi connectivity index (χ4n) is 1.66. The highest BCUT2D eigenvalue weighted by Gasteiger charge is 2.10. The van der Waals surface area contributed by atoms with E-state index in [-0.39, 0.29) is 18.6 Å². The Labute approximate surface area is 116 Å². The molecule has 0 aliphatic carbocycles. The van der Waals surface area contributed by atoms with Crippen molar-refractivity contribution in [1.82, 2.24) is 5.32 Å². The van der Waals surface area contributed by atoms with Crippen molar-refractivity contribution in [1.29, 1.82) is 0 Å². The van der Waals surface area contributed by atoms with Crippen molar-refractivity contribution in [3.05, 3.63) is 27.7 Å². The zero-order valence-electron chi connectivity index (χ0n) is 10.9. The Morgan fingerprint density at radius 2 is 2.17 bits per heavy atom. The maximum absolute atomic E-state index is 11.5. The number of hydrogen-bond acceptors (Lipinski definition) is 3. The van der Waals surface area contributed by atoms with E-state index in [1.165, 1.54) is 0 Å². The minimum absolute atomic E-state index is 0.00759. The van der Waals surface area contributed by atoms with Gasteiger partial charge >= 0.3 is 0 Å². The number of halogens is 1. The van der Waals surface area contributed by atoms with Crippen LogP contribution in [0.15, 0.2) is 16.6 Å². The maximum atomic E-state index is 11.5. The number of rotatable bonds is 5. The SMILES string of the molecule is Cc1cc(Br)cc(CN)c1OCC(=O)NC(C)C. The lowest BCUT2D eigenvalue weighted by Crippen LogP contribution is -2.34. The second-order valence-electron chi connectivity index (χ2n) is 4.43. The molecule has 0 spiro atoms. The summed E-state index contributed by atoms with van der Waals surface area (Å²) in [6.45, 7) is 6.14. The van der Waals surface area contributed by atoms with Gasteiger partial charge in [0.15, 0.2) is 6.61 Å². The van der Waals surface area contributed by atoms with Gasteiger partial charge in [0.2, 0.25) is 0 Å². The number of benzene rings is 1. The average Bonchev–Trinajstić information content (AvgIpc) is 2.25. The van der Waals surface area contributed by atoms with Crippen LogP contribution in [-0.4, -0.2) is 18.6 Å². The molecular formula is C13H19BrN2O2. The summed E-state index contributed by atoms with van der Waals surface area (Å²) in [5.41, 5.74) is 7.52. The predicted octanol–water partition coefficient (Wildman–Crippen LogP) is 2.12. The monoisotopic (exact) mass is 314 g/mol. The summed E-state index contributed by atoms with van der Waals surface area (Å²) in [5.74, 6) is 0.565. The lowest BCUT2D eigenvalue weighted by molar-refractivity contribution is -0.123. The molecule has 4 nitrogen and oxygen atoms in total. The van der Waals surface area contributed by atoms with Gasteiger partial charge in [-0.3, -0.25) is 4.79 Å². The van der Waals surface area contributed by atoms with Crippen LogP contribution < -0.4 is 15.8 Å². The summed E-state index contributed by atoms with van der Waals surface area (Å²) in [5, 5.41) is 2.78. The van der Waals surface area contributed by atoms with Crippen LogP contribution in [0.4, 0.5) is 0 Å². The van der Waals surface area contributed by atoms with Crippen molar-refractivity contribution in [2.45, 2.75) is 33.4 Å². The molecule has 0 radical (unpaired) electrons. The van der Waals surface area contributed by atoms with E-state index in [1.54, 1.807) is 0 Å². The van der Waals surface area contributed by atoms with E-state index in [2.05, 4.69) is 21.2 Å². The van der Waals surface area contributed by atoms with Crippen LogP contribution in [0.1, 0.15) is 25.0 Å². The lowest BCUT2D eigenvalue weighted by atomic mass is 10.1. The molecule has 3 N–H and O–H groups in total. The van der Waals surface area contributed by atoms with Gasteiger partial charge in [-0.2, -0.15) is 0 Å². The highest BCUT2D eigenvalue weighted by molar-refractivity contribution is 9.10. The van der Waals surface area contributed by atoms with Crippen LogP contribution in [-0.2, 0) is 11.3 Å². The number of nitrogens with one attached hydrogen (secondary N) is 1. The molecular weight excluding hydrogens is 296 g/mol. The Morgan fingerprint density at radius 1 is 1.50 bits per heavy atom. The van der Waals surface area contributed by atoms with E-state index in [1.807, 2.05) is 32.9 Å². The van der Waals surface area contributed by atoms with Crippen molar-refractivity contribution in [3.63, 3.8) is 0 Å². The predicted molar refractivity (Wildman–Crippen MR) is 75.5 cm³/mol. The molecule has 0 unspecified atom stereocenters. The third-order valence-electron chi connectivity index (χ3n) is 2.33. The van der Waals surface area contributed by atoms with E-state index in [0.717, 1.165) is 15.6 Å². The van der Waals surface area contributed by atoms with E-state index in [9.17, 15) is 4.79 Å². The Balaban J connectivity index is 2.75. The topological polar surface area (TPSA) is 64.3 Å². The molecule has 1 amide bonds. The molecule has 5 heteroatoms. The van der Waals surface area contributed by atoms with Crippen molar-refractivity contribution in [2.24, 2.45) is 5.73 Å². The lowest BCUT2D eigenvalue weighted by Gasteiger charge is -2.14. The minimum atomic E-state index is -0.129. The molecule has 0 saturated heterocycles. The normalized spacial score (nSPS) is 10.6. The highest BCUT2D eigenvalue weighted by Crippen LogP contribution is 2.27. The number of carbonyl (C=O) groups is 1. The van der Waals surface area contributed by atoms with Crippen molar-refractivity contribution in [3.8, 4) is 5.75 Å². The van der Waals surface area contributed by atoms with E-state index >= 15 is 0 Å². The minimum Gasteiger partial charge on any atom is -0.483 e. The summed E-state index contributed by atoms with van der Waals surface area (Å²) in [6, 6.07) is 3.96. The Morgan fingerprint density at radius 3 is 2.72 bits per heavy atom. The summed E-state index contributed by atoms with van der Waals surface area (Å²) < 4.78 is 6.52. The first-order valence-electron chi connectivity index (χ1n) is 5.85. The first kappa shape index (κ1) is 15.0. The van der Waals surface area contributed by atoms with Gasteiger partial charge in [-0.05, 0) is 38.5 Å². The summed E-state index contributed by atoms with van der Waals surface area (Å²) in [6.07, 6.45) is 0. The molecule has 1 rings (SSSR count). The van der Waals surface area contributed by atoms with Gasteiger partial charge in [0.05, 0.1) is 0 Å². The fourth-order valence-corrected chi connectivity index (χ4v) is 2.28. The van der Waals surface area contributed by atoms with Gasteiger partial charge in [0.1, 0.15) is 5.75 Å². The fraction of sp³-hybridized carbons (Fsp3) is 0.462. The molecule has 18 heavy (non-hydrogen) atoms. The van der Waals surface area contributed by atoms with Crippen LogP contribution in [0.3, 0.4) is 0 Å². The standard InChI is InChI=1S/C13H19BrN2O2/c1-8(2)16-12(17)7-18-13-9(3)4-11(14)5-10(13)6-15/h4-5,8H,6-7,15H2,1-3H3,(H,16,17). The first-order chi connectivity index (χ1) is 8.43. The number of aryl methyl sites for hydroxylation is 1. The highest BCUT2D eigenvalue weighted by atomic mass is 79.9.